The van der Waals surface area contributed by atoms with Crippen molar-refractivity contribution in [1.82, 2.24) is 15.1 Å². The number of ether oxygens (including phenoxy) is 2. The van der Waals surface area contributed by atoms with Gasteiger partial charge in [-0.3, -0.25) is 9.89 Å². The second kappa shape index (κ2) is 9.68. The fraction of sp³-hybridized carbons (Fsp3) is 0.280. The molecule has 2 heterocycles. The maximum absolute atomic E-state index is 13.1. The highest BCUT2D eigenvalue weighted by Gasteiger charge is 2.22. The van der Waals surface area contributed by atoms with E-state index in [1.165, 1.54) is 12.1 Å². The fourth-order valence-electron chi connectivity index (χ4n) is 3.68. The largest absolute Gasteiger partial charge is 0.490 e. The lowest BCUT2D eigenvalue weighted by atomic mass is 10.1. The van der Waals surface area contributed by atoms with Crippen LogP contribution >= 0.6 is 0 Å². The number of hydrogen-bond acceptors (Lipinski definition) is 4. The fourth-order valence-corrected chi connectivity index (χ4v) is 3.68. The predicted octanol–water partition coefficient (Wildman–Crippen LogP) is 4.48. The molecule has 2 aromatic carbocycles. The van der Waals surface area contributed by atoms with E-state index in [1.807, 2.05) is 37.3 Å². The van der Waals surface area contributed by atoms with Crippen molar-refractivity contribution in [3.05, 3.63) is 71.2 Å². The van der Waals surface area contributed by atoms with Crippen LogP contribution in [-0.4, -0.2) is 47.8 Å². The van der Waals surface area contributed by atoms with Crippen LogP contribution in [0.5, 0.6) is 11.5 Å². The molecule has 4 rings (SSSR count). The number of H-pyrrole nitrogens is 1. The molecule has 0 spiro atoms. The maximum Gasteiger partial charge on any atom is 0.252 e. The Labute approximate surface area is 186 Å². The Kier molecular flexibility index (Phi) is 6.54. The molecule has 1 amide bonds. The van der Waals surface area contributed by atoms with E-state index in [1.54, 1.807) is 24.1 Å². The number of nitrogens with one attached hydrogen (secondary N) is 1. The van der Waals surface area contributed by atoms with Crippen LogP contribution in [0.25, 0.3) is 17.3 Å². The van der Waals surface area contributed by atoms with Crippen LogP contribution in [0.2, 0.25) is 0 Å². The number of hydrogen-bond donors (Lipinski definition) is 1. The van der Waals surface area contributed by atoms with E-state index >= 15 is 0 Å². The molecule has 0 saturated heterocycles. The minimum Gasteiger partial charge on any atom is -0.490 e. The average molecular weight is 435 g/mol. The van der Waals surface area contributed by atoms with Crippen LogP contribution in [-0.2, 0) is 11.2 Å². The normalized spacial score (nSPS) is 12.5. The van der Waals surface area contributed by atoms with E-state index in [9.17, 15) is 9.18 Å². The number of para-hydroxylation sites is 1. The van der Waals surface area contributed by atoms with Crippen LogP contribution in [0.15, 0.2) is 54.1 Å². The summed E-state index contributed by atoms with van der Waals surface area (Å²) in [5.41, 5.74) is 4.08. The van der Waals surface area contributed by atoms with Crippen molar-refractivity contribution in [2.24, 2.45) is 0 Å². The molecule has 0 aliphatic carbocycles. The van der Waals surface area contributed by atoms with Gasteiger partial charge < -0.3 is 14.4 Å². The summed E-state index contributed by atoms with van der Waals surface area (Å²) in [4.78, 5) is 14.6. The van der Waals surface area contributed by atoms with Gasteiger partial charge in [0.1, 0.15) is 12.4 Å². The van der Waals surface area contributed by atoms with E-state index in [2.05, 4.69) is 10.2 Å². The number of nitrogens with zero attached hydrogens (tertiary/aromatic N) is 2. The number of carbonyl (C=O) groups is 1. The standard InChI is InChI=1S/C25H26FN3O3/c1-3-31-23-8-4-6-18-14-19(16-32-24(18)23)25(30)29(2)13-5-7-21-15-22(28-27-21)17-9-11-20(26)12-10-17/h4,6,8-12,14-15H,3,5,7,13,16H2,1-2H3,(H,27,28). The molecule has 1 aliphatic heterocycles. The zero-order valence-electron chi connectivity index (χ0n) is 18.2. The highest BCUT2D eigenvalue weighted by molar-refractivity contribution is 5.99. The van der Waals surface area contributed by atoms with E-state index in [-0.39, 0.29) is 18.3 Å². The van der Waals surface area contributed by atoms with Gasteiger partial charge in [0.2, 0.25) is 0 Å². The van der Waals surface area contributed by atoms with Crippen molar-refractivity contribution in [2.45, 2.75) is 19.8 Å². The van der Waals surface area contributed by atoms with Gasteiger partial charge in [0.25, 0.3) is 5.91 Å². The van der Waals surface area contributed by atoms with Gasteiger partial charge >= 0.3 is 0 Å². The number of likely N-dealkylation sites (N-methyl/N-ethyl adjacent to an activating group) is 1. The summed E-state index contributed by atoms with van der Waals surface area (Å²) in [6, 6.07) is 13.9. The van der Waals surface area contributed by atoms with Gasteiger partial charge in [-0.2, -0.15) is 5.10 Å². The van der Waals surface area contributed by atoms with Crippen molar-refractivity contribution < 1.29 is 18.7 Å². The van der Waals surface area contributed by atoms with Crippen molar-refractivity contribution in [1.29, 1.82) is 0 Å². The first-order chi connectivity index (χ1) is 15.5. The van der Waals surface area contributed by atoms with Crippen LogP contribution in [0.3, 0.4) is 0 Å². The molecule has 166 valence electrons. The molecule has 0 unspecified atom stereocenters. The Morgan fingerprint density at radius 3 is 2.84 bits per heavy atom. The molecular weight excluding hydrogens is 409 g/mol. The molecule has 1 aromatic heterocycles. The number of halogens is 1. The lowest BCUT2D eigenvalue weighted by Gasteiger charge is -2.23. The van der Waals surface area contributed by atoms with Crippen LogP contribution < -0.4 is 9.47 Å². The third-order valence-corrected chi connectivity index (χ3v) is 5.34. The summed E-state index contributed by atoms with van der Waals surface area (Å²) in [7, 11) is 1.80. The Bertz CT molecular complexity index is 1120. The van der Waals surface area contributed by atoms with Gasteiger partial charge in [-0.05, 0) is 62.2 Å². The molecule has 3 aromatic rings. The SMILES string of the molecule is CCOc1cccc2c1OCC(C(=O)N(C)CCCc1cc(-c3ccc(F)cc3)n[nH]1)=C2. The molecule has 0 fully saturated rings. The first-order valence-corrected chi connectivity index (χ1v) is 10.7. The van der Waals surface area contributed by atoms with Gasteiger partial charge in [-0.25, -0.2) is 4.39 Å². The van der Waals surface area contributed by atoms with Crippen molar-refractivity contribution in [2.75, 3.05) is 26.8 Å². The summed E-state index contributed by atoms with van der Waals surface area (Å²) >= 11 is 0. The van der Waals surface area contributed by atoms with E-state index in [0.29, 0.717) is 30.2 Å². The van der Waals surface area contributed by atoms with Crippen LogP contribution in [0, 0.1) is 5.82 Å². The molecule has 0 radical (unpaired) electrons. The van der Waals surface area contributed by atoms with Crippen LogP contribution in [0.1, 0.15) is 24.6 Å². The van der Waals surface area contributed by atoms with Crippen LogP contribution in [0.4, 0.5) is 4.39 Å². The van der Waals surface area contributed by atoms with Crippen molar-refractivity contribution >= 4 is 12.0 Å². The number of benzene rings is 2. The Hall–Kier alpha value is -3.61. The minimum atomic E-state index is -0.270. The molecule has 7 heteroatoms. The van der Waals surface area contributed by atoms with Gasteiger partial charge in [-0.15, -0.1) is 0 Å². The third-order valence-electron chi connectivity index (χ3n) is 5.34. The highest BCUT2D eigenvalue weighted by Crippen LogP contribution is 2.36. The predicted molar refractivity (Wildman–Crippen MR) is 121 cm³/mol. The summed E-state index contributed by atoms with van der Waals surface area (Å²) < 4.78 is 24.5. The minimum absolute atomic E-state index is 0.0472. The number of fused-ring (bicyclic) bond motifs is 1. The number of aromatic amines is 1. The molecule has 0 saturated carbocycles. The number of carbonyl (C=O) groups excluding carboxylic acids is 1. The zero-order valence-corrected chi connectivity index (χ0v) is 18.2. The summed E-state index contributed by atoms with van der Waals surface area (Å²) in [6.45, 7) is 3.31. The van der Waals surface area contributed by atoms with E-state index in [0.717, 1.165) is 35.4 Å². The molecule has 32 heavy (non-hydrogen) atoms. The quantitative estimate of drug-likeness (QED) is 0.567. The van der Waals surface area contributed by atoms with Gasteiger partial charge in [0, 0.05) is 30.4 Å². The molecule has 1 aliphatic rings. The van der Waals surface area contributed by atoms with Gasteiger partial charge in [-0.1, -0.05) is 12.1 Å². The number of amides is 1. The summed E-state index contributed by atoms with van der Waals surface area (Å²) in [6.07, 6.45) is 3.42. The monoisotopic (exact) mass is 435 g/mol. The highest BCUT2D eigenvalue weighted by atomic mass is 19.1. The average Bonchev–Trinajstić information content (AvgIpc) is 3.28. The molecule has 1 N–H and O–H groups in total. The Morgan fingerprint density at radius 1 is 1.25 bits per heavy atom. The second-order valence-electron chi connectivity index (χ2n) is 7.68. The second-order valence-corrected chi connectivity index (χ2v) is 7.68. The van der Waals surface area contributed by atoms with E-state index < -0.39 is 0 Å². The first kappa shape index (κ1) is 21.6. The van der Waals surface area contributed by atoms with E-state index in [4.69, 9.17) is 9.47 Å². The lowest BCUT2D eigenvalue weighted by Crippen LogP contribution is -2.32. The molecule has 0 atom stereocenters. The first-order valence-electron chi connectivity index (χ1n) is 10.7. The topological polar surface area (TPSA) is 67.5 Å². The van der Waals surface area contributed by atoms with Gasteiger partial charge in [0.15, 0.2) is 11.5 Å². The third kappa shape index (κ3) is 4.82. The van der Waals surface area contributed by atoms with Crippen molar-refractivity contribution in [3.63, 3.8) is 0 Å². The number of aryl methyl sites for hydroxylation is 1. The van der Waals surface area contributed by atoms with Crippen molar-refractivity contribution in [3.8, 4) is 22.8 Å². The molecule has 0 bridgehead atoms. The molecular formula is C25H26FN3O3. The number of rotatable bonds is 8. The lowest BCUT2D eigenvalue weighted by molar-refractivity contribution is -0.126. The zero-order chi connectivity index (χ0) is 22.5. The smallest absolute Gasteiger partial charge is 0.252 e. The maximum atomic E-state index is 13.1. The summed E-state index contributed by atoms with van der Waals surface area (Å²) in [5.74, 6) is 1.06. The summed E-state index contributed by atoms with van der Waals surface area (Å²) in [5, 5.41) is 7.32. The molecule has 6 nitrogen and oxygen atoms in total. The Balaban J connectivity index is 1.33. The number of aromatic nitrogens is 2. The Morgan fingerprint density at radius 2 is 2.06 bits per heavy atom. The van der Waals surface area contributed by atoms with Gasteiger partial charge in [0.05, 0.1) is 17.9 Å².